The molecule has 2 rings (SSSR count). The minimum atomic E-state index is -5.96. The Labute approximate surface area is 189 Å². The van der Waals surface area contributed by atoms with Crippen LogP contribution in [0.1, 0.15) is 30.9 Å². The first-order valence-electron chi connectivity index (χ1n) is 9.79. The van der Waals surface area contributed by atoms with Gasteiger partial charge in [0.05, 0.1) is 24.8 Å². The topological polar surface area (TPSA) is 129 Å². The molecule has 1 aromatic rings. The molecule has 0 saturated carbocycles. The van der Waals surface area contributed by atoms with E-state index in [1.54, 1.807) is 6.07 Å². The van der Waals surface area contributed by atoms with Gasteiger partial charge in [-0.25, -0.2) is 5.32 Å². The van der Waals surface area contributed by atoms with E-state index >= 15 is 0 Å². The SMILES string of the molecule is CCOC(=O)[C@@H]1C(c2ccc(C#N)cc2)[C@H](C(=O)OCC)[C@](O)(C(F)(F)F)N[C@]1(O)C(F)(F)F. The number of aliphatic hydroxyl groups is 2. The molecule has 14 heteroatoms. The van der Waals surface area contributed by atoms with E-state index in [0.717, 1.165) is 24.3 Å². The van der Waals surface area contributed by atoms with E-state index in [1.807, 2.05) is 0 Å². The summed E-state index contributed by atoms with van der Waals surface area (Å²) in [5.74, 6) is -11.8. The Morgan fingerprint density at radius 3 is 1.62 bits per heavy atom. The van der Waals surface area contributed by atoms with Gasteiger partial charge in [0.25, 0.3) is 0 Å². The number of ether oxygens (including phenoxy) is 2. The van der Waals surface area contributed by atoms with E-state index in [9.17, 15) is 46.1 Å². The van der Waals surface area contributed by atoms with E-state index in [4.69, 9.17) is 5.26 Å². The molecule has 0 radical (unpaired) electrons. The number of esters is 2. The summed E-state index contributed by atoms with van der Waals surface area (Å²) in [5.41, 5.74) is -9.92. The number of nitrogens with one attached hydrogen (secondary N) is 1. The fourth-order valence-electron chi connectivity index (χ4n) is 3.92. The number of benzene rings is 1. The number of hydrogen-bond acceptors (Lipinski definition) is 8. The third-order valence-electron chi connectivity index (χ3n) is 5.37. The lowest BCUT2D eigenvalue weighted by molar-refractivity contribution is -0.376. The van der Waals surface area contributed by atoms with Crippen LogP contribution in [0.2, 0.25) is 0 Å². The summed E-state index contributed by atoms with van der Waals surface area (Å²) in [6.07, 6.45) is -11.9. The molecular weight excluding hydrogens is 478 g/mol. The second-order valence-corrected chi connectivity index (χ2v) is 7.37. The van der Waals surface area contributed by atoms with Crippen LogP contribution >= 0.6 is 0 Å². The summed E-state index contributed by atoms with van der Waals surface area (Å²) in [5, 5.41) is 30.7. The number of nitrogens with zero attached hydrogens (tertiary/aromatic N) is 1. The largest absolute Gasteiger partial charge is 0.466 e. The van der Waals surface area contributed by atoms with Gasteiger partial charge in [-0.05, 0) is 31.5 Å². The standard InChI is InChI=1S/C20H20F6N2O6/c1-3-33-15(29)13-12(11-7-5-10(9-27)6-8-11)14(16(30)34-4-2)18(32,20(24,25)26)28-17(13,31)19(21,22)23/h5-8,12-14,28,31-32H,3-4H2,1-2H3/t12?,13-,14+,17+,18-. The van der Waals surface area contributed by atoms with Crippen molar-refractivity contribution in [2.45, 2.75) is 43.6 Å². The Morgan fingerprint density at radius 1 is 0.941 bits per heavy atom. The highest BCUT2D eigenvalue weighted by Crippen LogP contribution is 2.55. The third-order valence-corrected chi connectivity index (χ3v) is 5.37. The number of alkyl halides is 6. The second kappa shape index (κ2) is 9.40. The summed E-state index contributed by atoms with van der Waals surface area (Å²) in [7, 11) is 0. The average Bonchev–Trinajstić information content (AvgIpc) is 2.72. The number of carbonyl (C=O) groups is 2. The average molecular weight is 498 g/mol. The lowest BCUT2D eigenvalue weighted by Gasteiger charge is -2.54. The van der Waals surface area contributed by atoms with E-state index in [-0.39, 0.29) is 5.56 Å². The van der Waals surface area contributed by atoms with Gasteiger partial charge in [0.2, 0.25) is 11.4 Å². The molecule has 1 aliphatic heterocycles. The molecule has 0 bridgehead atoms. The first-order chi connectivity index (χ1) is 15.6. The molecule has 8 nitrogen and oxygen atoms in total. The number of nitriles is 1. The maximum absolute atomic E-state index is 14.0. The Kier molecular flexibility index (Phi) is 7.56. The second-order valence-electron chi connectivity index (χ2n) is 7.37. The summed E-state index contributed by atoms with van der Waals surface area (Å²) >= 11 is 0. The number of rotatable bonds is 5. The molecule has 0 amide bonds. The van der Waals surface area contributed by atoms with Gasteiger partial charge in [-0.15, -0.1) is 0 Å². The van der Waals surface area contributed by atoms with Gasteiger partial charge in [-0.2, -0.15) is 31.6 Å². The molecule has 1 aliphatic rings. The van der Waals surface area contributed by atoms with Gasteiger partial charge in [0, 0.05) is 5.92 Å². The lowest BCUT2D eigenvalue weighted by Crippen LogP contribution is -2.81. The normalized spacial score (nSPS) is 29.7. The molecule has 1 aromatic carbocycles. The molecule has 34 heavy (non-hydrogen) atoms. The molecule has 0 spiro atoms. The fourth-order valence-corrected chi connectivity index (χ4v) is 3.92. The highest BCUT2D eigenvalue weighted by Gasteiger charge is 2.78. The highest BCUT2D eigenvalue weighted by atomic mass is 19.4. The van der Waals surface area contributed by atoms with Crippen LogP contribution in [0.25, 0.3) is 0 Å². The van der Waals surface area contributed by atoms with Crippen molar-refractivity contribution in [1.82, 2.24) is 5.32 Å². The van der Waals surface area contributed by atoms with Crippen molar-refractivity contribution in [1.29, 1.82) is 5.26 Å². The number of carbonyl (C=O) groups excluding carboxylic acids is 2. The van der Waals surface area contributed by atoms with Crippen molar-refractivity contribution >= 4 is 11.9 Å². The van der Waals surface area contributed by atoms with Crippen molar-refractivity contribution in [3.8, 4) is 6.07 Å². The van der Waals surface area contributed by atoms with E-state index < -0.39 is 72.3 Å². The number of hydrogen-bond donors (Lipinski definition) is 3. The molecule has 1 saturated heterocycles. The monoisotopic (exact) mass is 498 g/mol. The molecule has 0 aromatic heterocycles. The fraction of sp³-hybridized carbons (Fsp3) is 0.550. The van der Waals surface area contributed by atoms with Gasteiger partial charge >= 0.3 is 24.3 Å². The Balaban J connectivity index is 2.97. The Bertz CT molecular complexity index is 912. The lowest BCUT2D eigenvalue weighted by atomic mass is 9.64. The molecular formula is C20H20F6N2O6. The maximum atomic E-state index is 14.0. The van der Waals surface area contributed by atoms with Gasteiger partial charge in [0.15, 0.2) is 0 Å². The zero-order valence-corrected chi connectivity index (χ0v) is 17.7. The van der Waals surface area contributed by atoms with Gasteiger partial charge < -0.3 is 19.7 Å². The van der Waals surface area contributed by atoms with Crippen LogP contribution in [0.15, 0.2) is 24.3 Å². The van der Waals surface area contributed by atoms with Gasteiger partial charge in [-0.1, -0.05) is 12.1 Å². The number of halogens is 6. The molecule has 0 aliphatic carbocycles. The van der Waals surface area contributed by atoms with Crippen LogP contribution in [0.4, 0.5) is 26.3 Å². The Morgan fingerprint density at radius 2 is 1.32 bits per heavy atom. The van der Waals surface area contributed by atoms with E-state index in [0.29, 0.717) is 5.32 Å². The van der Waals surface area contributed by atoms with E-state index in [1.165, 1.54) is 13.8 Å². The predicted octanol–water partition coefficient (Wildman–Crippen LogP) is 2.11. The molecule has 1 unspecified atom stereocenters. The molecule has 188 valence electrons. The molecule has 1 heterocycles. The maximum Gasteiger partial charge on any atom is 0.432 e. The summed E-state index contributed by atoms with van der Waals surface area (Å²) in [6, 6.07) is 5.53. The Hall–Kier alpha value is -2.89. The highest BCUT2D eigenvalue weighted by molar-refractivity contribution is 5.81. The van der Waals surface area contributed by atoms with Crippen molar-refractivity contribution < 1.29 is 55.6 Å². The smallest absolute Gasteiger partial charge is 0.432 e. The van der Waals surface area contributed by atoms with Gasteiger partial charge in [-0.3, -0.25) is 9.59 Å². The van der Waals surface area contributed by atoms with Crippen LogP contribution in [0, 0.1) is 23.2 Å². The van der Waals surface area contributed by atoms with Crippen LogP contribution in [-0.2, 0) is 19.1 Å². The predicted molar refractivity (Wildman–Crippen MR) is 99.3 cm³/mol. The summed E-state index contributed by atoms with van der Waals surface area (Å²) in [4.78, 5) is 25.3. The van der Waals surface area contributed by atoms with Crippen molar-refractivity contribution in [3.05, 3.63) is 35.4 Å². The molecule has 1 fully saturated rings. The van der Waals surface area contributed by atoms with Crippen molar-refractivity contribution in [3.63, 3.8) is 0 Å². The van der Waals surface area contributed by atoms with Crippen LogP contribution in [-0.4, -0.2) is 59.2 Å². The zero-order valence-electron chi connectivity index (χ0n) is 17.7. The van der Waals surface area contributed by atoms with E-state index in [2.05, 4.69) is 9.47 Å². The quantitative estimate of drug-likeness (QED) is 0.416. The molecule has 3 N–H and O–H groups in total. The van der Waals surface area contributed by atoms with Crippen molar-refractivity contribution in [2.75, 3.05) is 13.2 Å². The third kappa shape index (κ3) is 4.55. The van der Waals surface area contributed by atoms with Crippen molar-refractivity contribution in [2.24, 2.45) is 11.8 Å². The number of piperidine rings is 1. The minimum Gasteiger partial charge on any atom is -0.466 e. The van der Waals surface area contributed by atoms with Gasteiger partial charge in [0.1, 0.15) is 11.8 Å². The molecule has 5 atom stereocenters. The summed E-state index contributed by atoms with van der Waals surface area (Å²) in [6.45, 7) is 1.37. The first-order valence-corrected chi connectivity index (χ1v) is 9.79. The van der Waals surface area contributed by atoms with Crippen LogP contribution < -0.4 is 5.32 Å². The zero-order chi connectivity index (χ0) is 26.1. The summed E-state index contributed by atoms with van der Waals surface area (Å²) < 4.78 is 93.4. The first kappa shape index (κ1) is 27.4. The van der Waals surface area contributed by atoms with Crippen LogP contribution in [0.5, 0.6) is 0 Å². The minimum absolute atomic E-state index is 0.0461. The van der Waals surface area contributed by atoms with Crippen LogP contribution in [0.3, 0.4) is 0 Å².